The molecule has 1 aliphatic heterocycles. The van der Waals surface area contributed by atoms with E-state index in [1.807, 2.05) is 9.80 Å². The fourth-order valence-corrected chi connectivity index (χ4v) is 3.92. The van der Waals surface area contributed by atoms with Crippen molar-refractivity contribution in [3.8, 4) is 0 Å². The first-order chi connectivity index (χ1) is 13.7. The van der Waals surface area contributed by atoms with Crippen molar-refractivity contribution in [1.82, 2.24) is 19.6 Å². The van der Waals surface area contributed by atoms with Crippen LogP contribution in [0.1, 0.15) is 0 Å². The van der Waals surface area contributed by atoms with Crippen molar-refractivity contribution in [2.45, 2.75) is 0 Å². The molecule has 0 bridgehead atoms. The molecular weight excluding hydrogens is 411 g/mol. The minimum absolute atomic E-state index is 0.102. The van der Waals surface area contributed by atoms with E-state index < -0.39 is 19.9 Å². The summed E-state index contributed by atoms with van der Waals surface area (Å²) >= 11 is 0. The molecule has 1 aliphatic rings. The topological polar surface area (TPSA) is 167 Å². The smallest absolute Gasteiger partial charge is 0.339 e. The zero-order valence-electron chi connectivity index (χ0n) is 16.5. The molecule has 1 fully saturated rings. The van der Waals surface area contributed by atoms with Gasteiger partial charge in [-0.2, -0.15) is 0 Å². The Kier molecular flexibility index (Phi) is 13.0. The van der Waals surface area contributed by atoms with Gasteiger partial charge in [-0.15, -0.1) is 0 Å². The third-order valence-corrected chi connectivity index (χ3v) is 5.44. The van der Waals surface area contributed by atoms with E-state index in [9.17, 15) is 19.1 Å². The molecule has 13 nitrogen and oxygen atoms in total. The maximum atomic E-state index is 11.5. The largest absolute Gasteiger partial charge is 0.480 e. The summed E-state index contributed by atoms with van der Waals surface area (Å²) in [6, 6.07) is 0. The Labute approximate surface area is 170 Å². The van der Waals surface area contributed by atoms with Crippen LogP contribution >= 0.6 is 7.60 Å². The molecule has 0 amide bonds. The highest BCUT2D eigenvalue weighted by Gasteiger charge is 2.22. The van der Waals surface area contributed by atoms with Crippen LogP contribution in [0.25, 0.3) is 0 Å². The van der Waals surface area contributed by atoms with E-state index >= 15 is 0 Å². The maximum absolute atomic E-state index is 11.5. The minimum atomic E-state index is -4.26. The van der Waals surface area contributed by atoms with Crippen molar-refractivity contribution < 1.29 is 44.5 Å². The highest BCUT2D eigenvalue weighted by atomic mass is 31.2. The minimum Gasteiger partial charge on any atom is -0.480 e. The zero-order chi connectivity index (χ0) is 21.7. The maximum Gasteiger partial charge on any atom is 0.339 e. The number of nitrogens with zero attached hydrogens (tertiary/aromatic N) is 4. The van der Waals surface area contributed by atoms with E-state index in [0.29, 0.717) is 65.4 Å². The van der Waals surface area contributed by atoms with E-state index in [4.69, 9.17) is 15.6 Å². The average Bonchev–Trinajstić information content (AvgIpc) is 2.63. The second kappa shape index (κ2) is 14.3. The number of aliphatic carboxylic acids is 1. The fraction of sp³-hybridized carbons (Fsp3) is 0.933. The van der Waals surface area contributed by atoms with Crippen LogP contribution < -0.4 is 0 Å². The van der Waals surface area contributed by atoms with Crippen LogP contribution in [-0.2, 0) is 19.1 Å². The van der Waals surface area contributed by atoms with Crippen LogP contribution in [0.4, 0.5) is 0 Å². The Hall–Kier alpha value is -0.700. The molecular formula is C15H33N4O9P. The molecule has 1 rings (SSSR count). The molecule has 14 heteroatoms. The van der Waals surface area contributed by atoms with Crippen molar-refractivity contribution in [3.63, 3.8) is 0 Å². The van der Waals surface area contributed by atoms with Crippen molar-refractivity contribution in [3.05, 3.63) is 0 Å². The summed E-state index contributed by atoms with van der Waals surface area (Å²) in [7, 11) is -4.26. The van der Waals surface area contributed by atoms with E-state index in [2.05, 4.69) is 9.78 Å². The van der Waals surface area contributed by atoms with Gasteiger partial charge in [0.05, 0.1) is 19.8 Å². The van der Waals surface area contributed by atoms with Gasteiger partial charge in [0.1, 0.15) is 6.29 Å². The normalized spacial score (nSPS) is 20.3. The van der Waals surface area contributed by atoms with Gasteiger partial charge in [0.2, 0.25) is 0 Å². The molecule has 0 aromatic heterocycles. The monoisotopic (exact) mass is 444 g/mol. The number of hydrogen-bond donors (Lipinski definition) is 5. The van der Waals surface area contributed by atoms with Crippen LogP contribution in [0.2, 0.25) is 0 Å². The molecule has 1 saturated heterocycles. The summed E-state index contributed by atoms with van der Waals surface area (Å²) < 4.78 is 11.5. The van der Waals surface area contributed by atoms with Crippen molar-refractivity contribution in [2.75, 3.05) is 91.5 Å². The number of rotatable bonds is 10. The molecule has 0 atom stereocenters. The van der Waals surface area contributed by atoms with Gasteiger partial charge >= 0.3 is 13.6 Å². The van der Waals surface area contributed by atoms with Crippen LogP contribution in [0, 0.1) is 0 Å². The average molecular weight is 444 g/mol. The van der Waals surface area contributed by atoms with Crippen LogP contribution in [0.15, 0.2) is 0 Å². The third kappa shape index (κ3) is 13.3. The molecule has 5 N–H and O–H groups in total. The molecule has 0 spiro atoms. The molecule has 0 radical (unpaired) electrons. The van der Waals surface area contributed by atoms with Gasteiger partial charge in [-0.3, -0.25) is 39.5 Å². The molecule has 0 unspecified atom stereocenters. The fourth-order valence-electron chi connectivity index (χ4n) is 3.12. The molecule has 29 heavy (non-hydrogen) atoms. The first-order valence-electron chi connectivity index (χ1n) is 9.42. The lowest BCUT2D eigenvalue weighted by Crippen LogP contribution is -2.48. The number of carbonyl (C=O) groups is 1. The Morgan fingerprint density at radius 1 is 0.759 bits per heavy atom. The first kappa shape index (κ1) is 26.3. The molecule has 0 aromatic rings. The van der Waals surface area contributed by atoms with Gasteiger partial charge in [0, 0.05) is 65.4 Å². The third-order valence-electron chi connectivity index (χ3n) is 4.67. The van der Waals surface area contributed by atoms with E-state index in [1.165, 1.54) is 0 Å². The Morgan fingerprint density at radius 2 is 1.14 bits per heavy atom. The van der Waals surface area contributed by atoms with Crippen molar-refractivity contribution in [1.29, 1.82) is 0 Å². The Balaban J connectivity index is 2.86. The molecule has 0 aromatic carbocycles. The summed E-state index contributed by atoms with van der Waals surface area (Å²) in [5.74, 6) is -0.973. The predicted octanol–water partition coefficient (Wildman–Crippen LogP) is -1.59. The second-order valence-corrected chi connectivity index (χ2v) is 8.56. The van der Waals surface area contributed by atoms with Crippen LogP contribution in [0.5, 0.6) is 0 Å². The van der Waals surface area contributed by atoms with E-state index in [0.717, 1.165) is 0 Å². The van der Waals surface area contributed by atoms with Crippen molar-refractivity contribution in [2.24, 2.45) is 0 Å². The summed E-state index contributed by atoms with van der Waals surface area (Å²) in [6.45, 7) is 4.66. The lowest BCUT2D eigenvalue weighted by atomic mass is 10.3. The van der Waals surface area contributed by atoms with Crippen molar-refractivity contribution >= 4 is 13.6 Å². The molecule has 172 valence electrons. The number of hydrogen-bond acceptors (Lipinski definition) is 10. The SMILES string of the molecule is O=C(O)CN1CCN(CCOO)CCN(CCOO)CCN(CP(=O)(O)O)CC1. The van der Waals surface area contributed by atoms with Gasteiger partial charge < -0.3 is 14.9 Å². The van der Waals surface area contributed by atoms with Gasteiger partial charge in [-0.05, 0) is 0 Å². The zero-order valence-corrected chi connectivity index (χ0v) is 17.4. The summed E-state index contributed by atoms with van der Waals surface area (Å²) in [5.41, 5.74) is 0. The number of carboxylic acid groups (broad SMARTS) is 1. The molecule has 0 saturated carbocycles. The molecule has 0 aliphatic carbocycles. The lowest BCUT2D eigenvalue weighted by Gasteiger charge is -2.33. The van der Waals surface area contributed by atoms with Gasteiger partial charge in [0.25, 0.3) is 0 Å². The van der Waals surface area contributed by atoms with Crippen LogP contribution in [0.3, 0.4) is 0 Å². The highest BCUT2D eigenvalue weighted by molar-refractivity contribution is 7.51. The quantitative estimate of drug-likeness (QED) is 0.149. The summed E-state index contributed by atoms with van der Waals surface area (Å²) in [5, 5.41) is 26.4. The summed E-state index contributed by atoms with van der Waals surface area (Å²) in [4.78, 5) is 45.6. The first-order valence-corrected chi connectivity index (χ1v) is 11.2. The molecule has 1 heterocycles. The number of carboxylic acids is 1. The highest BCUT2D eigenvalue weighted by Crippen LogP contribution is 2.34. The Morgan fingerprint density at radius 3 is 1.48 bits per heavy atom. The van der Waals surface area contributed by atoms with Gasteiger partial charge in [-0.1, -0.05) is 0 Å². The second-order valence-electron chi connectivity index (χ2n) is 6.94. The summed E-state index contributed by atoms with van der Waals surface area (Å²) in [6.07, 6.45) is -0.405. The Bertz CT molecular complexity index is 510. The van der Waals surface area contributed by atoms with Gasteiger partial charge in [0.15, 0.2) is 0 Å². The van der Waals surface area contributed by atoms with Crippen LogP contribution in [-0.4, -0.2) is 142 Å². The lowest BCUT2D eigenvalue weighted by molar-refractivity contribution is -0.245. The predicted molar refractivity (Wildman–Crippen MR) is 103 cm³/mol. The standard InChI is InChI=1S/C15H33N4O9P/c20-15(21)13-18-5-3-16(9-11-27-22)1-2-17(10-12-28-23)4-7-19(8-6-18)14-29(24,25)26/h22-23H,1-14H2,(H,20,21)(H2,24,25,26). The van der Waals surface area contributed by atoms with Gasteiger partial charge in [-0.25, -0.2) is 9.78 Å². The van der Waals surface area contributed by atoms with E-state index in [1.54, 1.807) is 9.80 Å². The van der Waals surface area contributed by atoms with E-state index in [-0.39, 0.29) is 19.8 Å².